The Labute approximate surface area is 140 Å². The van der Waals surface area contributed by atoms with Crippen LogP contribution in [0, 0.1) is 0 Å². The largest absolute Gasteiger partial charge is 0.459 e. The number of carbonyl (C=O) groups excluding carboxylic acids is 2. The van der Waals surface area contributed by atoms with E-state index in [1.807, 2.05) is 21.9 Å². The van der Waals surface area contributed by atoms with Crippen LogP contribution in [-0.4, -0.2) is 45.2 Å². The normalized spacial score (nSPS) is 23.4. The minimum absolute atomic E-state index is 0.0714. The lowest BCUT2D eigenvalue weighted by atomic mass is 9.95. The molecule has 0 radical (unpaired) electrons. The highest BCUT2D eigenvalue weighted by Gasteiger charge is 2.45. The molecule has 0 aliphatic carbocycles. The van der Waals surface area contributed by atoms with Gasteiger partial charge in [-0.25, -0.2) is 0 Å². The van der Waals surface area contributed by atoms with Crippen LogP contribution < -0.4 is 0 Å². The van der Waals surface area contributed by atoms with Gasteiger partial charge in [0.2, 0.25) is 5.91 Å². The molecule has 2 saturated heterocycles. The molecule has 0 saturated carbocycles. The number of rotatable bonds is 3. The second-order valence-corrected chi connectivity index (χ2v) is 6.31. The molecule has 6 nitrogen and oxygen atoms in total. The van der Waals surface area contributed by atoms with E-state index < -0.39 is 0 Å². The Morgan fingerprint density at radius 2 is 2.04 bits per heavy atom. The first kappa shape index (κ1) is 14.9. The molecule has 2 atom stereocenters. The molecule has 0 bridgehead atoms. The Hall–Kier alpha value is -2.63. The standard InChI is InChI=1S/C18H19N3O3/c22-17-4-3-14-15(21(17)12-13-5-8-19-9-6-13)7-10-20(14)18(23)16-2-1-11-24-16/h1-2,5-6,8-9,11,14-15H,3-4,7,10,12H2/t14-,15-/m1/s1. The van der Waals surface area contributed by atoms with Crippen molar-refractivity contribution in [3.63, 3.8) is 0 Å². The van der Waals surface area contributed by atoms with Gasteiger partial charge < -0.3 is 14.2 Å². The number of aromatic nitrogens is 1. The van der Waals surface area contributed by atoms with Gasteiger partial charge in [-0.1, -0.05) is 0 Å². The Kier molecular flexibility index (Phi) is 3.80. The molecule has 2 fully saturated rings. The average Bonchev–Trinajstić information content (AvgIpc) is 3.27. The molecule has 2 aliphatic heterocycles. The number of pyridine rings is 1. The highest BCUT2D eigenvalue weighted by Crippen LogP contribution is 2.33. The van der Waals surface area contributed by atoms with Crippen LogP contribution in [0.1, 0.15) is 35.4 Å². The van der Waals surface area contributed by atoms with Crippen molar-refractivity contribution in [2.75, 3.05) is 6.54 Å². The van der Waals surface area contributed by atoms with Crippen molar-refractivity contribution in [3.8, 4) is 0 Å². The molecule has 2 amide bonds. The van der Waals surface area contributed by atoms with Gasteiger partial charge in [0.25, 0.3) is 5.91 Å². The maximum atomic E-state index is 12.6. The van der Waals surface area contributed by atoms with Gasteiger partial charge in [0, 0.05) is 31.9 Å². The first-order valence-corrected chi connectivity index (χ1v) is 8.27. The molecule has 0 aromatic carbocycles. The van der Waals surface area contributed by atoms with Crippen LogP contribution in [0.4, 0.5) is 0 Å². The molecule has 0 unspecified atom stereocenters. The van der Waals surface area contributed by atoms with Gasteiger partial charge in [-0.3, -0.25) is 14.6 Å². The lowest BCUT2D eigenvalue weighted by Gasteiger charge is -2.39. The summed E-state index contributed by atoms with van der Waals surface area (Å²) >= 11 is 0. The molecule has 124 valence electrons. The number of nitrogens with zero attached hydrogens (tertiary/aromatic N) is 3. The molecule has 0 N–H and O–H groups in total. The van der Waals surface area contributed by atoms with E-state index in [1.54, 1.807) is 24.5 Å². The van der Waals surface area contributed by atoms with Crippen molar-refractivity contribution in [2.24, 2.45) is 0 Å². The monoisotopic (exact) mass is 325 g/mol. The van der Waals surface area contributed by atoms with Gasteiger partial charge in [0.1, 0.15) is 0 Å². The van der Waals surface area contributed by atoms with E-state index in [1.165, 1.54) is 6.26 Å². The summed E-state index contributed by atoms with van der Waals surface area (Å²) in [5, 5.41) is 0. The first-order chi connectivity index (χ1) is 11.7. The summed E-state index contributed by atoms with van der Waals surface area (Å²) < 4.78 is 5.25. The zero-order chi connectivity index (χ0) is 16.5. The zero-order valence-corrected chi connectivity index (χ0v) is 13.3. The van der Waals surface area contributed by atoms with Crippen molar-refractivity contribution in [2.45, 2.75) is 37.9 Å². The van der Waals surface area contributed by atoms with E-state index in [4.69, 9.17) is 4.42 Å². The molecule has 2 aromatic heterocycles. The highest BCUT2D eigenvalue weighted by atomic mass is 16.3. The van der Waals surface area contributed by atoms with Gasteiger partial charge in [-0.2, -0.15) is 0 Å². The number of piperidine rings is 1. The fourth-order valence-electron chi connectivity index (χ4n) is 3.83. The molecule has 24 heavy (non-hydrogen) atoms. The third-order valence-corrected chi connectivity index (χ3v) is 4.98. The molecule has 2 aliphatic rings. The van der Waals surface area contributed by atoms with Crippen molar-refractivity contribution >= 4 is 11.8 Å². The van der Waals surface area contributed by atoms with Gasteiger partial charge in [-0.15, -0.1) is 0 Å². The first-order valence-electron chi connectivity index (χ1n) is 8.27. The van der Waals surface area contributed by atoms with E-state index in [9.17, 15) is 9.59 Å². The van der Waals surface area contributed by atoms with Crippen LogP contribution in [0.15, 0.2) is 47.3 Å². The second-order valence-electron chi connectivity index (χ2n) is 6.31. The van der Waals surface area contributed by atoms with Crippen LogP contribution in [0.3, 0.4) is 0 Å². The summed E-state index contributed by atoms with van der Waals surface area (Å²) in [7, 11) is 0. The number of amides is 2. The molecular formula is C18H19N3O3. The van der Waals surface area contributed by atoms with Gasteiger partial charge in [0.05, 0.1) is 18.3 Å². The van der Waals surface area contributed by atoms with Crippen molar-refractivity contribution in [1.82, 2.24) is 14.8 Å². The smallest absolute Gasteiger partial charge is 0.289 e. The van der Waals surface area contributed by atoms with Crippen molar-refractivity contribution in [1.29, 1.82) is 0 Å². The average molecular weight is 325 g/mol. The van der Waals surface area contributed by atoms with E-state index in [2.05, 4.69) is 4.98 Å². The Balaban J connectivity index is 1.54. The fourth-order valence-corrected chi connectivity index (χ4v) is 3.83. The lowest BCUT2D eigenvalue weighted by molar-refractivity contribution is -0.138. The summed E-state index contributed by atoms with van der Waals surface area (Å²) in [6, 6.07) is 7.43. The van der Waals surface area contributed by atoms with E-state index in [0.29, 0.717) is 25.3 Å². The number of hydrogen-bond donors (Lipinski definition) is 0. The maximum absolute atomic E-state index is 12.6. The number of hydrogen-bond acceptors (Lipinski definition) is 4. The zero-order valence-electron chi connectivity index (χ0n) is 13.3. The van der Waals surface area contributed by atoms with Crippen molar-refractivity contribution in [3.05, 3.63) is 54.2 Å². The number of likely N-dealkylation sites (tertiary alicyclic amines) is 2. The quantitative estimate of drug-likeness (QED) is 0.866. The molecular weight excluding hydrogens is 306 g/mol. The number of furan rings is 1. The van der Waals surface area contributed by atoms with Crippen molar-refractivity contribution < 1.29 is 14.0 Å². The summed E-state index contributed by atoms with van der Waals surface area (Å²) in [6.45, 7) is 1.24. The topological polar surface area (TPSA) is 66.7 Å². The Morgan fingerprint density at radius 3 is 2.79 bits per heavy atom. The van der Waals surface area contributed by atoms with Gasteiger partial charge in [-0.05, 0) is 42.7 Å². The van der Waals surface area contributed by atoms with Gasteiger partial charge in [0.15, 0.2) is 5.76 Å². The third-order valence-electron chi connectivity index (χ3n) is 4.98. The lowest BCUT2D eigenvalue weighted by Crippen LogP contribution is -2.52. The van der Waals surface area contributed by atoms with Gasteiger partial charge >= 0.3 is 0 Å². The Bertz CT molecular complexity index is 729. The highest BCUT2D eigenvalue weighted by molar-refractivity contribution is 5.92. The summed E-state index contributed by atoms with van der Waals surface area (Å²) in [4.78, 5) is 32.9. The molecule has 4 rings (SSSR count). The summed E-state index contributed by atoms with van der Waals surface area (Å²) in [5.41, 5.74) is 1.06. The van der Waals surface area contributed by atoms with Crippen LogP contribution >= 0.6 is 0 Å². The minimum Gasteiger partial charge on any atom is -0.459 e. The van der Waals surface area contributed by atoms with Crippen LogP contribution in [-0.2, 0) is 11.3 Å². The number of carbonyl (C=O) groups is 2. The molecule has 2 aromatic rings. The van der Waals surface area contributed by atoms with Crippen LogP contribution in [0.5, 0.6) is 0 Å². The third kappa shape index (κ3) is 2.58. The molecule has 6 heteroatoms. The number of fused-ring (bicyclic) bond motifs is 1. The van der Waals surface area contributed by atoms with E-state index >= 15 is 0 Å². The van der Waals surface area contributed by atoms with E-state index in [0.717, 1.165) is 18.4 Å². The molecule has 4 heterocycles. The van der Waals surface area contributed by atoms with Crippen LogP contribution in [0.2, 0.25) is 0 Å². The fraction of sp³-hybridized carbons (Fsp3) is 0.389. The molecule has 0 spiro atoms. The SMILES string of the molecule is O=C1CC[C@@H]2[C@@H](CCN2C(=O)c2ccco2)N1Cc1ccncc1. The summed E-state index contributed by atoms with van der Waals surface area (Å²) in [6.07, 6.45) is 7.01. The maximum Gasteiger partial charge on any atom is 0.289 e. The Morgan fingerprint density at radius 1 is 1.21 bits per heavy atom. The predicted octanol–water partition coefficient (Wildman–Crippen LogP) is 2.08. The summed E-state index contributed by atoms with van der Waals surface area (Å²) in [5.74, 6) is 0.458. The van der Waals surface area contributed by atoms with E-state index in [-0.39, 0.29) is 23.9 Å². The van der Waals surface area contributed by atoms with Crippen LogP contribution in [0.25, 0.3) is 0 Å². The predicted molar refractivity (Wildman–Crippen MR) is 86.0 cm³/mol. The second kappa shape index (κ2) is 6.11. The minimum atomic E-state index is -0.0780.